The lowest BCUT2D eigenvalue weighted by Crippen LogP contribution is -2.53. The molecule has 1 saturated heterocycles. The van der Waals surface area contributed by atoms with Crippen molar-refractivity contribution in [1.29, 1.82) is 0 Å². The lowest BCUT2D eigenvalue weighted by molar-refractivity contribution is -0.146. The Morgan fingerprint density at radius 3 is 2.90 bits per heavy atom. The van der Waals surface area contributed by atoms with Gasteiger partial charge in [0.2, 0.25) is 0 Å². The number of morpholine rings is 1. The topological polar surface area (TPSA) is 42.4 Å². The number of ether oxygens (including phenoxy) is 1. The second-order valence-electron chi connectivity index (χ2n) is 7.94. The van der Waals surface area contributed by atoms with Gasteiger partial charge >= 0.3 is 0 Å². The van der Waals surface area contributed by atoms with Crippen molar-refractivity contribution in [1.82, 2.24) is 9.88 Å². The highest BCUT2D eigenvalue weighted by Crippen LogP contribution is 2.49. The molecule has 0 unspecified atom stereocenters. The minimum Gasteiger partial charge on any atom is -0.366 e. The van der Waals surface area contributed by atoms with E-state index in [1.807, 2.05) is 7.05 Å². The smallest absolute Gasteiger partial charge is 0.195 e. The Morgan fingerprint density at radius 2 is 2.14 bits per heavy atom. The van der Waals surface area contributed by atoms with E-state index in [1.54, 1.807) is 36.5 Å². The van der Waals surface area contributed by atoms with Crippen LogP contribution in [0.2, 0.25) is 10.0 Å². The molecular formula is C22H23Cl2FN2O2. The van der Waals surface area contributed by atoms with Gasteiger partial charge in [0.15, 0.2) is 11.5 Å². The number of alkyl halides is 1. The highest BCUT2D eigenvalue weighted by atomic mass is 35.5. The quantitative estimate of drug-likeness (QED) is 0.695. The summed E-state index contributed by atoms with van der Waals surface area (Å²) in [6, 6.07) is 8.49. The average molecular weight is 437 g/mol. The monoisotopic (exact) mass is 436 g/mol. The number of nitrogens with zero attached hydrogens (tertiary/aromatic N) is 2. The van der Waals surface area contributed by atoms with Crippen molar-refractivity contribution in [2.75, 3.05) is 26.7 Å². The van der Waals surface area contributed by atoms with Gasteiger partial charge in [0, 0.05) is 41.3 Å². The van der Waals surface area contributed by atoms with Crippen LogP contribution in [0.1, 0.15) is 36.1 Å². The van der Waals surface area contributed by atoms with Gasteiger partial charge < -0.3 is 9.64 Å². The van der Waals surface area contributed by atoms with Crippen LogP contribution in [0, 0.1) is 0 Å². The van der Waals surface area contributed by atoms with Crippen molar-refractivity contribution in [2.24, 2.45) is 0 Å². The van der Waals surface area contributed by atoms with Crippen LogP contribution in [0.3, 0.4) is 0 Å². The molecule has 1 aliphatic heterocycles. The normalized spacial score (nSPS) is 27.0. The highest BCUT2D eigenvalue weighted by molar-refractivity contribution is 6.35. The summed E-state index contributed by atoms with van der Waals surface area (Å²) in [5.74, 6) is -0.447. The van der Waals surface area contributed by atoms with E-state index in [9.17, 15) is 4.79 Å². The Bertz CT molecular complexity index is 941. The molecule has 1 aromatic heterocycles. The van der Waals surface area contributed by atoms with Crippen LogP contribution in [-0.4, -0.2) is 42.4 Å². The standard InChI is InChI=1S/C22H23Cl2FN2O2/c1-27-11-12-29-21(14-27)8-9-22(25,17-3-2-10-26-20(17)21)19(28)7-5-15-4-6-16(23)13-18(15)24/h2-4,6,10,13H,5,7-9,11-12,14H2,1H3/t21-,22+/m1/s1. The SMILES string of the molecule is CN1CCO[C@]2(CC[C@@](F)(C(=O)CCc3ccc(Cl)cc3Cl)c3cccnc32)C1. The zero-order valence-corrected chi connectivity index (χ0v) is 17.8. The molecular weight excluding hydrogens is 414 g/mol. The maximum atomic E-state index is 16.1. The molecule has 0 saturated carbocycles. The number of aryl methyl sites for hydroxylation is 1. The third kappa shape index (κ3) is 3.81. The molecule has 1 spiro atoms. The fourth-order valence-electron chi connectivity index (χ4n) is 4.43. The number of aromatic nitrogens is 1. The number of Topliss-reactive ketones (excluding diaryl/α,β-unsaturated/α-hetero) is 1. The Morgan fingerprint density at radius 1 is 1.31 bits per heavy atom. The van der Waals surface area contributed by atoms with Gasteiger partial charge in [-0.2, -0.15) is 0 Å². The molecule has 2 aromatic rings. The van der Waals surface area contributed by atoms with Crippen LogP contribution in [0.4, 0.5) is 4.39 Å². The Labute approximate surface area is 180 Å². The number of halogens is 3. The fourth-order valence-corrected chi connectivity index (χ4v) is 4.93. The van der Waals surface area contributed by atoms with Gasteiger partial charge in [-0.05, 0) is 50.1 Å². The van der Waals surface area contributed by atoms with Gasteiger partial charge in [-0.1, -0.05) is 35.3 Å². The minimum absolute atomic E-state index is 0.0555. The van der Waals surface area contributed by atoms with E-state index >= 15 is 4.39 Å². The number of benzene rings is 1. The molecule has 1 aliphatic carbocycles. The molecule has 7 heteroatoms. The molecule has 4 nitrogen and oxygen atoms in total. The second-order valence-corrected chi connectivity index (χ2v) is 8.78. The molecule has 4 rings (SSSR count). The van der Waals surface area contributed by atoms with E-state index in [0.29, 0.717) is 47.3 Å². The Hall–Kier alpha value is -1.53. The number of fused-ring (bicyclic) bond motifs is 2. The number of likely N-dealkylation sites (N-methyl/N-ethyl adjacent to an activating group) is 1. The number of carbonyl (C=O) groups is 1. The maximum absolute atomic E-state index is 16.1. The van der Waals surface area contributed by atoms with E-state index < -0.39 is 17.1 Å². The zero-order valence-electron chi connectivity index (χ0n) is 16.3. The molecule has 0 bridgehead atoms. The minimum atomic E-state index is -2.06. The van der Waals surface area contributed by atoms with Gasteiger partial charge in [-0.15, -0.1) is 0 Å². The van der Waals surface area contributed by atoms with Crippen LogP contribution >= 0.6 is 23.2 Å². The summed E-state index contributed by atoms with van der Waals surface area (Å²) >= 11 is 12.1. The van der Waals surface area contributed by atoms with Gasteiger partial charge in [0.05, 0.1) is 12.3 Å². The highest BCUT2D eigenvalue weighted by Gasteiger charge is 2.53. The first-order chi connectivity index (χ1) is 13.8. The molecule has 1 fully saturated rings. The first-order valence-electron chi connectivity index (χ1n) is 9.79. The van der Waals surface area contributed by atoms with E-state index in [4.69, 9.17) is 27.9 Å². The number of hydrogen-bond acceptors (Lipinski definition) is 4. The van der Waals surface area contributed by atoms with Gasteiger partial charge in [-0.3, -0.25) is 9.78 Å². The van der Waals surface area contributed by atoms with Crippen LogP contribution in [0.15, 0.2) is 36.5 Å². The summed E-state index contributed by atoms with van der Waals surface area (Å²) < 4.78 is 22.3. The van der Waals surface area contributed by atoms with Crippen molar-refractivity contribution in [3.63, 3.8) is 0 Å². The van der Waals surface area contributed by atoms with Crippen LogP contribution in [0.25, 0.3) is 0 Å². The van der Waals surface area contributed by atoms with Crippen molar-refractivity contribution >= 4 is 29.0 Å². The molecule has 2 heterocycles. The second kappa shape index (κ2) is 7.95. The largest absolute Gasteiger partial charge is 0.366 e. The Balaban J connectivity index is 1.60. The lowest BCUT2D eigenvalue weighted by atomic mass is 9.71. The average Bonchev–Trinajstić information content (AvgIpc) is 2.70. The molecule has 0 amide bonds. The fraction of sp³-hybridized carbons (Fsp3) is 0.455. The van der Waals surface area contributed by atoms with Gasteiger partial charge in [-0.25, -0.2) is 4.39 Å². The van der Waals surface area contributed by atoms with Crippen LogP contribution in [-0.2, 0) is 27.2 Å². The van der Waals surface area contributed by atoms with Crippen molar-refractivity contribution in [3.8, 4) is 0 Å². The summed E-state index contributed by atoms with van der Waals surface area (Å²) in [5.41, 5.74) is -1.04. The van der Waals surface area contributed by atoms with E-state index in [1.165, 1.54) is 0 Å². The third-order valence-corrected chi connectivity index (χ3v) is 6.58. The van der Waals surface area contributed by atoms with Crippen molar-refractivity contribution in [2.45, 2.75) is 37.0 Å². The summed E-state index contributed by atoms with van der Waals surface area (Å²) in [6.07, 6.45) is 2.57. The lowest BCUT2D eigenvalue weighted by Gasteiger charge is -2.47. The molecule has 29 heavy (non-hydrogen) atoms. The number of pyridine rings is 1. The number of hydrogen-bond donors (Lipinski definition) is 0. The van der Waals surface area contributed by atoms with E-state index in [2.05, 4.69) is 9.88 Å². The molecule has 1 aromatic carbocycles. The van der Waals surface area contributed by atoms with Gasteiger partial charge in [0.1, 0.15) is 5.60 Å². The molecule has 2 atom stereocenters. The summed E-state index contributed by atoms with van der Waals surface area (Å²) in [6.45, 7) is 2.03. The van der Waals surface area contributed by atoms with Crippen molar-refractivity contribution in [3.05, 3.63) is 63.4 Å². The zero-order chi connectivity index (χ0) is 20.6. The third-order valence-electron chi connectivity index (χ3n) is 5.99. The maximum Gasteiger partial charge on any atom is 0.195 e. The summed E-state index contributed by atoms with van der Waals surface area (Å²) in [4.78, 5) is 19.7. The number of ketones is 1. The van der Waals surface area contributed by atoms with E-state index in [-0.39, 0.29) is 12.8 Å². The summed E-state index contributed by atoms with van der Waals surface area (Å²) in [5, 5.41) is 1.02. The molecule has 154 valence electrons. The Kier molecular flexibility index (Phi) is 5.68. The molecule has 0 radical (unpaired) electrons. The predicted molar refractivity (Wildman–Crippen MR) is 111 cm³/mol. The first kappa shape index (κ1) is 20.7. The first-order valence-corrected chi connectivity index (χ1v) is 10.5. The predicted octanol–water partition coefficient (Wildman–Crippen LogP) is 4.71. The van der Waals surface area contributed by atoms with Gasteiger partial charge in [0.25, 0.3) is 0 Å². The molecule has 0 N–H and O–H groups in total. The van der Waals surface area contributed by atoms with Crippen LogP contribution in [0.5, 0.6) is 0 Å². The number of rotatable bonds is 4. The van der Waals surface area contributed by atoms with E-state index in [0.717, 1.165) is 12.1 Å². The summed E-state index contributed by atoms with van der Waals surface area (Å²) in [7, 11) is 2.02. The van der Waals surface area contributed by atoms with Crippen molar-refractivity contribution < 1.29 is 13.9 Å². The molecule has 2 aliphatic rings. The van der Waals surface area contributed by atoms with Crippen LogP contribution < -0.4 is 0 Å². The number of carbonyl (C=O) groups excluding carboxylic acids is 1.